The summed E-state index contributed by atoms with van der Waals surface area (Å²) in [4.78, 5) is 21.5. The van der Waals surface area contributed by atoms with E-state index in [-0.39, 0.29) is 23.5 Å². The highest BCUT2D eigenvalue weighted by atomic mass is 19.1. The molecule has 0 aliphatic carbocycles. The fourth-order valence-corrected chi connectivity index (χ4v) is 2.27. The maximum atomic E-state index is 14.7. The summed E-state index contributed by atoms with van der Waals surface area (Å²) < 4.78 is 20.7. The maximum absolute atomic E-state index is 14.7. The summed E-state index contributed by atoms with van der Waals surface area (Å²) in [6.07, 6.45) is -2.53. The number of hydrogen-bond acceptors (Lipinski definition) is 7. The molecule has 9 nitrogen and oxygen atoms in total. The molecule has 0 saturated carbocycles. The van der Waals surface area contributed by atoms with Crippen LogP contribution in [-0.4, -0.2) is 55.2 Å². The molecule has 0 aromatic carbocycles. The molecule has 0 aliphatic rings. The van der Waals surface area contributed by atoms with Gasteiger partial charge in [-0.3, -0.25) is 14.3 Å². The molecule has 2 heterocycles. The summed E-state index contributed by atoms with van der Waals surface area (Å²) >= 11 is 0. The van der Waals surface area contributed by atoms with E-state index in [2.05, 4.69) is 15.0 Å². The molecular formula is C12H18FN5O4. The van der Waals surface area contributed by atoms with Crippen LogP contribution < -0.4 is 11.3 Å². The van der Waals surface area contributed by atoms with Crippen LogP contribution in [0.15, 0.2) is 11.1 Å². The number of methoxy groups -OCH3 is 1. The van der Waals surface area contributed by atoms with Gasteiger partial charge in [0.1, 0.15) is 11.7 Å². The number of nitrogens with two attached hydrogens (primary N) is 1. The van der Waals surface area contributed by atoms with Gasteiger partial charge in [0.2, 0.25) is 12.2 Å². The number of aliphatic hydroxyl groups is 2. The van der Waals surface area contributed by atoms with Gasteiger partial charge in [-0.25, -0.2) is 9.37 Å². The minimum Gasteiger partial charge on any atom is -0.393 e. The van der Waals surface area contributed by atoms with Gasteiger partial charge < -0.3 is 20.7 Å². The summed E-state index contributed by atoms with van der Waals surface area (Å²) in [6, 6.07) is 0. The monoisotopic (exact) mass is 315 g/mol. The summed E-state index contributed by atoms with van der Waals surface area (Å²) in [5.74, 6) is -0.198. The van der Waals surface area contributed by atoms with Gasteiger partial charge in [-0.2, -0.15) is 4.98 Å². The highest BCUT2D eigenvalue weighted by Crippen LogP contribution is 2.30. The number of hydrogen-bond donors (Lipinski definition) is 4. The van der Waals surface area contributed by atoms with Gasteiger partial charge in [0.25, 0.3) is 5.56 Å². The van der Waals surface area contributed by atoms with Crippen molar-refractivity contribution < 1.29 is 19.3 Å². The number of nitrogen functional groups attached to an aromatic ring is 1. The minimum absolute atomic E-state index is 0.104. The number of anilines is 1. The van der Waals surface area contributed by atoms with Gasteiger partial charge in [-0.1, -0.05) is 6.92 Å². The molecule has 2 rings (SSSR count). The largest absolute Gasteiger partial charge is 0.393 e. The third-order valence-electron chi connectivity index (χ3n) is 3.79. The molecule has 10 heteroatoms. The van der Waals surface area contributed by atoms with E-state index in [1.807, 2.05) is 0 Å². The van der Waals surface area contributed by atoms with Crippen molar-refractivity contribution in [1.82, 2.24) is 19.5 Å². The number of rotatable bonds is 6. The standard InChI is InChI=1S/C12H18FN5O4/c1-3-12(4-19,22-2)7(20)8(13)18-5-15-6-9(18)16-11(14)17-10(6)21/h5,7-8,19-20H,3-4H2,1-2H3,(H3,14,16,17,21)/t7-,8+,12+/m0/s1. The van der Waals surface area contributed by atoms with Gasteiger partial charge in [-0.15, -0.1) is 0 Å². The maximum Gasteiger partial charge on any atom is 0.280 e. The van der Waals surface area contributed by atoms with Gasteiger partial charge in [-0.05, 0) is 6.42 Å². The fraction of sp³-hybridized carbons (Fsp3) is 0.583. The molecule has 0 bridgehead atoms. The van der Waals surface area contributed by atoms with Gasteiger partial charge in [0, 0.05) is 7.11 Å². The van der Waals surface area contributed by atoms with E-state index in [1.165, 1.54) is 7.11 Å². The highest BCUT2D eigenvalue weighted by Gasteiger charge is 2.42. The first-order valence-electron chi connectivity index (χ1n) is 6.60. The van der Waals surface area contributed by atoms with E-state index in [4.69, 9.17) is 10.5 Å². The number of fused-ring (bicyclic) bond motifs is 1. The fourth-order valence-electron chi connectivity index (χ4n) is 2.27. The summed E-state index contributed by atoms with van der Waals surface area (Å²) in [7, 11) is 1.27. The molecule has 2 aromatic rings. The Morgan fingerprint density at radius 2 is 2.32 bits per heavy atom. The third-order valence-corrected chi connectivity index (χ3v) is 3.79. The quantitative estimate of drug-likeness (QED) is 0.553. The highest BCUT2D eigenvalue weighted by molar-refractivity contribution is 5.70. The molecular weight excluding hydrogens is 297 g/mol. The SMILES string of the molecule is CC[C@](CO)(OC)[C@@H](O)[C@H](F)n1cnc2c(=O)[nH]c(N)nc21. The van der Waals surface area contributed by atoms with E-state index in [0.29, 0.717) is 0 Å². The van der Waals surface area contributed by atoms with E-state index in [9.17, 15) is 19.4 Å². The Bertz CT molecular complexity index is 703. The van der Waals surface area contributed by atoms with Crippen LogP contribution in [0.3, 0.4) is 0 Å². The van der Waals surface area contributed by atoms with E-state index < -0.39 is 30.2 Å². The zero-order chi connectivity index (χ0) is 16.5. The van der Waals surface area contributed by atoms with Crippen LogP contribution in [0.25, 0.3) is 11.2 Å². The van der Waals surface area contributed by atoms with Crippen molar-refractivity contribution >= 4 is 17.1 Å². The zero-order valence-electron chi connectivity index (χ0n) is 12.2. The lowest BCUT2D eigenvalue weighted by Gasteiger charge is -2.35. The first-order chi connectivity index (χ1) is 10.4. The Kier molecular flexibility index (Phi) is 4.44. The number of halogens is 1. The number of imidazole rings is 1. The molecule has 0 spiro atoms. The summed E-state index contributed by atoms with van der Waals surface area (Å²) in [5, 5.41) is 19.7. The molecule has 3 atom stereocenters. The number of aromatic amines is 1. The Labute approximate surface area is 124 Å². The normalized spacial score (nSPS) is 17.3. The van der Waals surface area contributed by atoms with Crippen molar-refractivity contribution in [2.45, 2.75) is 31.3 Å². The molecule has 0 radical (unpaired) electrons. The third kappa shape index (κ3) is 2.45. The zero-order valence-corrected chi connectivity index (χ0v) is 12.2. The van der Waals surface area contributed by atoms with Crippen molar-refractivity contribution in [3.63, 3.8) is 0 Å². The van der Waals surface area contributed by atoms with Crippen LogP contribution in [0.5, 0.6) is 0 Å². The molecule has 22 heavy (non-hydrogen) atoms. The number of ether oxygens (including phenoxy) is 1. The number of nitrogens with one attached hydrogen (secondary N) is 1. The predicted octanol–water partition coefficient (Wildman–Crippen LogP) is -0.682. The van der Waals surface area contributed by atoms with Crippen LogP contribution in [0, 0.1) is 0 Å². The number of nitrogens with zero attached hydrogens (tertiary/aromatic N) is 3. The number of aromatic nitrogens is 4. The van der Waals surface area contributed by atoms with Crippen molar-refractivity contribution in [2.24, 2.45) is 0 Å². The van der Waals surface area contributed by atoms with E-state index >= 15 is 0 Å². The second kappa shape index (κ2) is 5.99. The smallest absolute Gasteiger partial charge is 0.280 e. The second-order valence-electron chi connectivity index (χ2n) is 4.87. The molecule has 0 aliphatic heterocycles. The lowest BCUT2D eigenvalue weighted by Crippen LogP contribution is -2.50. The molecule has 2 aromatic heterocycles. The average Bonchev–Trinajstić information content (AvgIpc) is 2.92. The van der Waals surface area contributed by atoms with Crippen LogP contribution in [0.4, 0.5) is 10.3 Å². The Morgan fingerprint density at radius 3 is 2.86 bits per heavy atom. The topological polar surface area (TPSA) is 139 Å². The Hall–Kier alpha value is -2.04. The molecule has 122 valence electrons. The second-order valence-corrected chi connectivity index (χ2v) is 4.87. The minimum atomic E-state index is -2.04. The first-order valence-corrected chi connectivity index (χ1v) is 6.60. The molecule has 0 amide bonds. The van der Waals surface area contributed by atoms with Crippen LogP contribution in [-0.2, 0) is 4.74 Å². The predicted molar refractivity (Wildman–Crippen MR) is 75.8 cm³/mol. The van der Waals surface area contributed by atoms with Crippen molar-refractivity contribution in [1.29, 1.82) is 0 Å². The van der Waals surface area contributed by atoms with Crippen LogP contribution in [0.2, 0.25) is 0 Å². The Balaban J connectivity index is 2.50. The average molecular weight is 315 g/mol. The van der Waals surface area contributed by atoms with Crippen molar-refractivity contribution in [3.8, 4) is 0 Å². The number of alkyl halides is 1. The van der Waals surface area contributed by atoms with Crippen LogP contribution >= 0.6 is 0 Å². The van der Waals surface area contributed by atoms with Crippen molar-refractivity contribution in [3.05, 3.63) is 16.7 Å². The summed E-state index contributed by atoms with van der Waals surface area (Å²) in [5.41, 5.74) is 3.13. The van der Waals surface area contributed by atoms with Gasteiger partial charge >= 0.3 is 0 Å². The lowest BCUT2D eigenvalue weighted by molar-refractivity contribution is -0.164. The molecule has 0 fully saturated rings. The van der Waals surface area contributed by atoms with Gasteiger partial charge in [0.05, 0.1) is 12.9 Å². The van der Waals surface area contributed by atoms with E-state index in [1.54, 1.807) is 6.92 Å². The first kappa shape index (κ1) is 16.3. The summed E-state index contributed by atoms with van der Waals surface area (Å²) in [6.45, 7) is 1.06. The molecule has 0 unspecified atom stereocenters. The van der Waals surface area contributed by atoms with Gasteiger partial charge in [0.15, 0.2) is 11.2 Å². The molecule has 5 N–H and O–H groups in total. The van der Waals surface area contributed by atoms with Crippen LogP contribution in [0.1, 0.15) is 19.6 Å². The number of H-pyrrole nitrogens is 1. The Morgan fingerprint density at radius 1 is 1.64 bits per heavy atom. The number of aliphatic hydroxyl groups excluding tert-OH is 2. The molecule has 0 saturated heterocycles. The van der Waals surface area contributed by atoms with Crippen molar-refractivity contribution in [2.75, 3.05) is 19.5 Å². The lowest BCUT2D eigenvalue weighted by atomic mass is 9.93. The van der Waals surface area contributed by atoms with E-state index in [0.717, 1.165) is 10.9 Å².